The second-order valence-corrected chi connectivity index (χ2v) is 5.85. The fourth-order valence-corrected chi connectivity index (χ4v) is 3.30. The molecule has 3 atom stereocenters. The fourth-order valence-electron chi connectivity index (χ4n) is 3.30. The van der Waals surface area contributed by atoms with E-state index in [1.54, 1.807) is 0 Å². The maximum absolute atomic E-state index is 5.40. The van der Waals surface area contributed by atoms with Gasteiger partial charge in [-0.15, -0.1) is 0 Å². The van der Waals surface area contributed by atoms with Gasteiger partial charge >= 0.3 is 0 Å². The molecule has 0 saturated heterocycles. The molecule has 2 rings (SSSR count). The third-order valence-electron chi connectivity index (χ3n) is 4.67. The normalized spacial score (nSPS) is 26.1. The van der Waals surface area contributed by atoms with Crippen LogP contribution in [-0.2, 0) is 11.3 Å². The Balaban J connectivity index is 1.85. The van der Waals surface area contributed by atoms with Crippen molar-refractivity contribution in [2.24, 2.45) is 11.8 Å². The van der Waals surface area contributed by atoms with E-state index >= 15 is 0 Å². The van der Waals surface area contributed by atoms with E-state index in [-0.39, 0.29) is 0 Å². The molecular weight excluding hydrogens is 250 g/mol. The molecule has 1 fully saturated rings. The van der Waals surface area contributed by atoms with Gasteiger partial charge in [0.15, 0.2) is 0 Å². The second-order valence-electron chi connectivity index (χ2n) is 5.85. The van der Waals surface area contributed by atoms with Gasteiger partial charge in [0.05, 0.1) is 0 Å². The summed E-state index contributed by atoms with van der Waals surface area (Å²) in [5.74, 6) is 2.64. The molecule has 4 nitrogen and oxygen atoms in total. The van der Waals surface area contributed by atoms with E-state index in [2.05, 4.69) is 34.9 Å². The van der Waals surface area contributed by atoms with Gasteiger partial charge in [-0.05, 0) is 38.0 Å². The number of ether oxygens (including phenoxy) is 1. The lowest BCUT2D eigenvalue weighted by Crippen LogP contribution is -2.26. The van der Waals surface area contributed by atoms with Crippen LogP contribution in [-0.4, -0.2) is 28.8 Å². The van der Waals surface area contributed by atoms with E-state index in [9.17, 15) is 0 Å². The zero-order chi connectivity index (χ0) is 14.4. The molecule has 0 spiro atoms. The molecule has 0 aromatic carbocycles. The number of nitrogens with zero attached hydrogens (tertiary/aromatic N) is 2. The van der Waals surface area contributed by atoms with Crippen molar-refractivity contribution < 1.29 is 4.74 Å². The van der Waals surface area contributed by atoms with Crippen molar-refractivity contribution in [2.75, 3.05) is 18.5 Å². The van der Waals surface area contributed by atoms with Gasteiger partial charge < -0.3 is 14.6 Å². The standard InChI is InChI=1S/C16H29N3O/c1-4-14-7-8-15(13(14)3)18-16-17-9-11-19(16)10-6-12-20-5-2/h9,11,13-15H,4-8,10,12H2,1-3H3,(H,17,18). The molecule has 20 heavy (non-hydrogen) atoms. The summed E-state index contributed by atoms with van der Waals surface area (Å²) in [6.07, 6.45) is 8.90. The van der Waals surface area contributed by atoms with Crippen LogP contribution in [0.1, 0.15) is 46.5 Å². The Morgan fingerprint density at radius 2 is 2.25 bits per heavy atom. The predicted molar refractivity (Wildman–Crippen MR) is 82.9 cm³/mol. The molecule has 1 aromatic rings. The fraction of sp³-hybridized carbons (Fsp3) is 0.812. The Labute approximate surface area is 122 Å². The number of hydrogen-bond acceptors (Lipinski definition) is 3. The van der Waals surface area contributed by atoms with Crippen LogP contribution in [0.15, 0.2) is 12.4 Å². The van der Waals surface area contributed by atoms with Crippen LogP contribution < -0.4 is 5.32 Å². The molecule has 1 heterocycles. The SMILES string of the molecule is CCOCCCn1ccnc1NC1CCC(CC)C1C. The maximum Gasteiger partial charge on any atom is 0.202 e. The lowest BCUT2D eigenvalue weighted by atomic mass is 9.94. The third-order valence-corrected chi connectivity index (χ3v) is 4.67. The van der Waals surface area contributed by atoms with Gasteiger partial charge in [-0.25, -0.2) is 4.98 Å². The van der Waals surface area contributed by atoms with Crippen LogP contribution in [0, 0.1) is 11.8 Å². The van der Waals surface area contributed by atoms with Gasteiger partial charge in [0, 0.05) is 38.2 Å². The topological polar surface area (TPSA) is 39.1 Å². The Hall–Kier alpha value is -1.03. The molecule has 114 valence electrons. The molecule has 0 radical (unpaired) electrons. The quantitative estimate of drug-likeness (QED) is 0.740. The van der Waals surface area contributed by atoms with Crippen molar-refractivity contribution in [2.45, 2.75) is 59.0 Å². The molecule has 3 unspecified atom stereocenters. The van der Waals surface area contributed by atoms with Crippen molar-refractivity contribution in [1.29, 1.82) is 0 Å². The highest BCUT2D eigenvalue weighted by atomic mass is 16.5. The van der Waals surface area contributed by atoms with Crippen molar-refractivity contribution >= 4 is 5.95 Å². The van der Waals surface area contributed by atoms with Crippen LogP contribution in [0.25, 0.3) is 0 Å². The lowest BCUT2D eigenvalue weighted by molar-refractivity contribution is 0.142. The van der Waals surface area contributed by atoms with Gasteiger partial charge in [-0.1, -0.05) is 20.3 Å². The monoisotopic (exact) mass is 279 g/mol. The Kier molecular flexibility index (Phi) is 5.89. The predicted octanol–water partition coefficient (Wildman–Crippen LogP) is 3.55. The summed E-state index contributed by atoms with van der Waals surface area (Å²) in [7, 11) is 0. The van der Waals surface area contributed by atoms with Gasteiger partial charge in [0.25, 0.3) is 0 Å². The van der Waals surface area contributed by atoms with Gasteiger partial charge in [-0.3, -0.25) is 0 Å². The van der Waals surface area contributed by atoms with Crippen molar-refractivity contribution in [3.63, 3.8) is 0 Å². The zero-order valence-corrected chi connectivity index (χ0v) is 13.1. The van der Waals surface area contributed by atoms with Crippen LogP contribution in [0.4, 0.5) is 5.95 Å². The number of nitrogens with one attached hydrogen (secondary N) is 1. The van der Waals surface area contributed by atoms with Gasteiger partial charge in [-0.2, -0.15) is 0 Å². The Morgan fingerprint density at radius 3 is 2.95 bits per heavy atom. The highest BCUT2D eigenvalue weighted by Crippen LogP contribution is 2.35. The van der Waals surface area contributed by atoms with E-state index in [4.69, 9.17) is 4.74 Å². The van der Waals surface area contributed by atoms with Gasteiger partial charge in [0.2, 0.25) is 5.95 Å². The van der Waals surface area contributed by atoms with E-state index in [0.717, 1.165) is 44.0 Å². The minimum atomic E-state index is 0.577. The molecule has 4 heteroatoms. The second kappa shape index (κ2) is 7.67. The Morgan fingerprint density at radius 1 is 1.40 bits per heavy atom. The molecule has 0 amide bonds. The number of hydrogen-bond donors (Lipinski definition) is 1. The van der Waals surface area contributed by atoms with E-state index in [1.165, 1.54) is 19.3 Å². The molecular formula is C16H29N3O. The smallest absolute Gasteiger partial charge is 0.202 e. The summed E-state index contributed by atoms with van der Waals surface area (Å²) in [6, 6.07) is 0.577. The molecule has 0 bridgehead atoms. The zero-order valence-electron chi connectivity index (χ0n) is 13.1. The average Bonchev–Trinajstić information content (AvgIpc) is 3.03. The number of aryl methyl sites for hydroxylation is 1. The minimum absolute atomic E-state index is 0.577. The number of aromatic nitrogens is 2. The number of rotatable bonds is 8. The third kappa shape index (κ3) is 3.75. The van der Waals surface area contributed by atoms with E-state index < -0.39 is 0 Å². The molecule has 1 saturated carbocycles. The summed E-state index contributed by atoms with van der Waals surface area (Å²) in [4.78, 5) is 4.47. The van der Waals surface area contributed by atoms with Crippen LogP contribution >= 0.6 is 0 Å². The van der Waals surface area contributed by atoms with E-state index in [0.29, 0.717) is 6.04 Å². The van der Waals surface area contributed by atoms with Crippen LogP contribution in [0.2, 0.25) is 0 Å². The molecule has 1 aliphatic carbocycles. The van der Waals surface area contributed by atoms with Crippen molar-refractivity contribution in [1.82, 2.24) is 9.55 Å². The molecule has 1 aliphatic rings. The maximum atomic E-state index is 5.40. The number of anilines is 1. The molecule has 1 N–H and O–H groups in total. The Bertz CT molecular complexity index is 391. The van der Waals surface area contributed by atoms with Crippen molar-refractivity contribution in [3.8, 4) is 0 Å². The first-order chi connectivity index (χ1) is 9.76. The van der Waals surface area contributed by atoms with Crippen LogP contribution in [0.5, 0.6) is 0 Å². The summed E-state index contributed by atoms with van der Waals surface area (Å²) in [5.41, 5.74) is 0. The largest absolute Gasteiger partial charge is 0.382 e. The minimum Gasteiger partial charge on any atom is -0.382 e. The first-order valence-corrected chi connectivity index (χ1v) is 8.11. The summed E-state index contributed by atoms with van der Waals surface area (Å²) in [5, 5.41) is 3.66. The highest BCUT2D eigenvalue weighted by Gasteiger charge is 2.31. The lowest BCUT2D eigenvalue weighted by Gasteiger charge is -2.22. The van der Waals surface area contributed by atoms with Crippen molar-refractivity contribution in [3.05, 3.63) is 12.4 Å². The summed E-state index contributed by atoms with van der Waals surface area (Å²) >= 11 is 0. The summed E-state index contributed by atoms with van der Waals surface area (Å²) in [6.45, 7) is 9.31. The first kappa shape index (κ1) is 15.4. The average molecular weight is 279 g/mol. The van der Waals surface area contributed by atoms with E-state index in [1.807, 2.05) is 13.1 Å². The summed E-state index contributed by atoms with van der Waals surface area (Å²) < 4.78 is 7.61. The molecule has 1 aromatic heterocycles. The highest BCUT2D eigenvalue weighted by molar-refractivity contribution is 5.28. The van der Waals surface area contributed by atoms with Crippen LogP contribution in [0.3, 0.4) is 0 Å². The first-order valence-electron chi connectivity index (χ1n) is 8.11. The molecule has 0 aliphatic heterocycles. The number of imidazole rings is 1. The van der Waals surface area contributed by atoms with Gasteiger partial charge in [0.1, 0.15) is 0 Å².